The van der Waals surface area contributed by atoms with Gasteiger partial charge in [0.15, 0.2) is 0 Å². The number of benzene rings is 4. The van der Waals surface area contributed by atoms with E-state index in [1.165, 1.54) is 11.8 Å². The summed E-state index contributed by atoms with van der Waals surface area (Å²) in [5.41, 5.74) is 7.30. The summed E-state index contributed by atoms with van der Waals surface area (Å²) in [6, 6.07) is 28.5. The second kappa shape index (κ2) is 18.2. The van der Waals surface area contributed by atoms with Gasteiger partial charge in [-0.2, -0.15) is 10.1 Å². The molecule has 11 nitrogen and oxygen atoms in total. The number of aromatic hydroxyl groups is 1. The largest absolute Gasteiger partial charge is 0.507 e. The van der Waals surface area contributed by atoms with E-state index in [1.807, 2.05) is 36.4 Å². The molecule has 278 valence electrons. The fourth-order valence-corrected chi connectivity index (χ4v) is 5.71. The molecule has 13 heteroatoms. The summed E-state index contributed by atoms with van der Waals surface area (Å²) < 4.78 is 17.2. The van der Waals surface area contributed by atoms with Crippen molar-refractivity contribution < 1.29 is 23.9 Å². The van der Waals surface area contributed by atoms with Crippen LogP contribution in [0.2, 0.25) is 5.02 Å². The number of phenols is 1. The molecule has 0 radical (unpaired) electrons. The lowest BCUT2D eigenvalue weighted by molar-refractivity contribution is -0.122. The first-order valence-electron chi connectivity index (χ1n) is 17.2. The van der Waals surface area contributed by atoms with Gasteiger partial charge in [0.05, 0.1) is 19.3 Å². The molecule has 1 aromatic heterocycles. The van der Waals surface area contributed by atoms with Crippen LogP contribution in [-0.4, -0.2) is 69.9 Å². The van der Waals surface area contributed by atoms with Crippen LogP contribution < -0.4 is 14.9 Å². The van der Waals surface area contributed by atoms with Gasteiger partial charge in [-0.3, -0.25) is 14.6 Å². The smallest absolute Gasteiger partial charge is 0.254 e. The van der Waals surface area contributed by atoms with Gasteiger partial charge < -0.3 is 19.1 Å². The van der Waals surface area contributed by atoms with E-state index in [-0.39, 0.29) is 36.0 Å². The third-order valence-corrected chi connectivity index (χ3v) is 8.96. The molecule has 1 aliphatic heterocycles. The zero-order valence-corrected chi connectivity index (χ0v) is 31.6. The highest BCUT2D eigenvalue weighted by molar-refractivity contribution is 6.30. The Labute approximate surface area is 321 Å². The van der Waals surface area contributed by atoms with Crippen LogP contribution in [0.3, 0.4) is 0 Å². The Balaban J connectivity index is 0.00000541. The Bertz CT molecular complexity index is 1950. The molecule has 53 heavy (non-hydrogen) atoms. The van der Waals surface area contributed by atoms with Crippen LogP contribution in [0.4, 0.5) is 0 Å². The Hall–Kier alpha value is -4.94. The molecule has 5 aromatic rings. The van der Waals surface area contributed by atoms with Crippen LogP contribution in [0.15, 0.2) is 101 Å². The van der Waals surface area contributed by atoms with E-state index in [0.29, 0.717) is 60.9 Å². The van der Waals surface area contributed by atoms with E-state index in [1.54, 1.807) is 30.3 Å². The summed E-state index contributed by atoms with van der Waals surface area (Å²) >= 11 is 5.94. The van der Waals surface area contributed by atoms with E-state index < -0.39 is 0 Å². The maximum absolute atomic E-state index is 12.6. The lowest BCUT2D eigenvalue weighted by Crippen LogP contribution is -2.48. The number of nitrogens with zero attached hydrogens (tertiary/aromatic N) is 5. The van der Waals surface area contributed by atoms with Crippen LogP contribution in [0.1, 0.15) is 48.9 Å². The zero-order chi connectivity index (χ0) is 36.5. The second-order valence-electron chi connectivity index (χ2n) is 13.8. The van der Waals surface area contributed by atoms with Crippen molar-refractivity contribution in [3.8, 4) is 28.6 Å². The van der Waals surface area contributed by atoms with Gasteiger partial charge in [0.2, 0.25) is 11.7 Å². The molecule has 1 aliphatic rings. The lowest BCUT2D eigenvalue weighted by atomic mass is 9.87. The molecule has 0 bridgehead atoms. The van der Waals surface area contributed by atoms with Crippen molar-refractivity contribution in [3.05, 3.63) is 124 Å². The Morgan fingerprint density at radius 1 is 0.887 bits per heavy atom. The molecular formula is C40H44Cl2N6O5. The number of phenolic OH excluding ortho intramolecular Hbond substituents is 1. The number of nitrogens with one attached hydrogen (secondary N) is 1. The van der Waals surface area contributed by atoms with Crippen molar-refractivity contribution >= 4 is 36.1 Å². The average molecular weight is 760 g/mol. The monoisotopic (exact) mass is 758 g/mol. The molecule has 0 spiro atoms. The first-order chi connectivity index (χ1) is 25.1. The van der Waals surface area contributed by atoms with Crippen molar-refractivity contribution in [3.63, 3.8) is 0 Å². The predicted octanol–water partition coefficient (Wildman–Crippen LogP) is 7.24. The number of ether oxygens (including phenoxy) is 2. The number of hydrogen-bond acceptors (Lipinski definition) is 10. The molecule has 2 heterocycles. The average Bonchev–Trinajstić information content (AvgIpc) is 3.60. The molecule has 1 fully saturated rings. The minimum absolute atomic E-state index is 0. The fourth-order valence-electron chi connectivity index (χ4n) is 5.58. The molecule has 6 rings (SSSR count). The molecule has 0 saturated carbocycles. The van der Waals surface area contributed by atoms with Crippen molar-refractivity contribution in [2.75, 3.05) is 32.7 Å². The van der Waals surface area contributed by atoms with Crippen LogP contribution in [0.25, 0.3) is 11.4 Å². The number of hydrogen-bond donors (Lipinski definition) is 2. The summed E-state index contributed by atoms with van der Waals surface area (Å²) in [6.07, 6.45) is 1.42. The predicted molar refractivity (Wildman–Crippen MR) is 208 cm³/mol. The number of aromatic nitrogens is 2. The van der Waals surface area contributed by atoms with E-state index in [9.17, 15) is 9.90 Å². The molecule has 4 aromatic carbocycles. The molecule has 1 saturated heterocycles. The summed E-state index contributed by atoms with van der Waals surface area (Å²) in [4.78, 5) is 21.5. The molecule has 2 N–H and O–H groups in total. The molecule has 0 unspecified atom stereocenters. The highest BCUT2D eigenvalue weighted by Gasteiger charge is 2.21. The van der Waals surface area contributed by atoms with Gasteiger partial charge in [0.25, 0.3) is 5.91 Å². The summed E-state index contributed by atoms with van der Waals surface area (Å²) in [6.45, 7) is 11.0. The quantitative estimate of drug-likeness (QED) is 0.0945. The molecular weight excluding hydrogens is 715 g/mol. The number of carbonyl (C=O) groups excluding carboxylic acids is 1. The first kappa shape index (κ1) is 39.3. The van der Waals surface area contributed by atoms with Gasteiger partial charge in [-0.25, -0.2) is 5.43 Å². The third-order valence-electron chi connectivity index (χ3n) is 8.71. The SMILES string of the molecule is CC(C)(C)c1ccc(COc2ccc(C=NNC(=O)CN3CCN(Cc4nc(-c5ccc(COc6ccc(Cl)cc6)cc5)no4)CC3)c(O)c2)cc1.Cl. The van der Waals surface area contributed by atoms with Crippen LogP contribution in [0.5, 0.6) is 17.2 Å². The van der Waals surface area contributed by atoms with Gasteiger partial charge in [-0.1, -0.05) is 86.1 Å². The number of hydrazone groups is 1. The zero-order valence-electron chi connectivity index (χ0n) is 30.0. The first-order valence-corrected chi connectivity index (χ1v) is 17.6. The molecule has 1 amide bonds. The van der Waals surface area contributed by atoms with Crippen LogP contribution >= 0.6 is 24.0 Å². The van der Waals surface area contributed by atoms with Crippen molar-refractivity contribution in [2.45, 2.75) is 45.9 Å². The number of rotatable bonds is 13. The summed E-state index contributed by atoms with van der Waals surface area (Å²) in [5, 5.41) is 19.4. The lowest BCUT2D eigenvalue weighted by Gasteiger charge is -2.33. The topological polar surface area (TPSA) is 126 Å². The Morgan fingerprint density at radius 3 is 2.13 bits per heavy atom. The summed E-state index contributed by atoms with van der Waals surface area (Å²) in [5.74, 6) is 2.15. The standard InChI is InChI=1S/C40H43ClN6O5.ClH/c1-40(2,3)32-11-6-29(7-12-32)27-51-35-15-10-31(36(48)22-35)23-42-44-37(49)24-46-18-20-47(21-19-46)25-38-43-39(45-52-38)30-8-4-28(5-9-30)26-50-34-16-13-33(41)14-17-34;/h4-17,22-23,48H,18-21,24-27H2,1-3H3,(H,44,49);1H. The van der Waals surface area contributed by atoms with E-state index in [2.05, 4.69) is 75.5 Å². The van der Waals surface area contributed by atoms with Crippen molar-refractivity contribution in [1.29, 1.82) is 0 Å². The van der Waals surface area contributed by atoms with Gasteiger partial charge in [0, 0.05) is 48.4 Å². The van der Waals surface area contributed by atoms with E-state index in [4.69, 9.17) is 25.6 Å². The minimum Gasteiger partial charge on any atom is -0.507 e. The number of carbonyl (C=O) groups is 1. The van der Waals surface area contributed by atoms with Gasteiger partial charge in [-0.15, -0.1) is 12.4 Å². The molecule has 0 aliphatic carbocycles. The number of halogens is 2. The minimum atomic E-state index is -0.231. The highest BCUT2D eigenvalue weighted by atomic mass is 35.5. The normalized spacial score (nSPS) is 13.8. The van der Waals surface area contributed by atoms with Crippen LogP contribution in [-0.2, 0) is 30.0 Å². The van der Waals surface area contributed by atoms with Crippen molar-refractivity contribution in [1.82, 2.24) is 25.4 Å². The second-order valence-corrected chi connectivity index (χ2v) is 14.2. The molecule has 0 atom stereocenters. The van der Waals surface area contributed by atoms with Gasteiger partial charge in [0.1, 0.15) is 30.5 Å². The summed E-state index contributed by atoms with van der Waals surface area (Å²) in [7, 11) is 0. The fraction of sp³-hybridized carbons (Fsp3) is 0.300. The van der Waals surface area contributed by atoms with Gasteiger partial charge >= 0.3 is 0 Å². The Morgan fingerprint density at radius 2 is 1.49 bits per heavy atom. The van der Waals surface area contributed by atoms with Crippen LogP contribution in [0, 0.1) is 0 Å². The maximum Gasteiger partial charge on any atom is 0.254 e. The van der Waals surface area contributed by atoms with Gasteiger partial charge in [-0.05, 0) is 58.5 Å². The number of amides is 1. The highest BCUT2D eigenvalue weighted by Crippen LogP contribution is 2.25. The number of piperazine rings is 1. The van der Waals surface area contributed by atoms with Crippen molar-refractivity contribution in [2.24, 2.45) is 5.10 Å². The van der Waals surface area contributed by atoms with E-state index >= 15 is 0 Å². The maximum atomic E-state index is 12.6. The Kier molecular flexibility index (Phi) is 13.5. The van der Waals surface area contributed by atoms with E-state index in [0.717, 1.165) is 35.5 Å². The third kappa shape index (κ3) is 11.5.